The standard InChI is InChI=1S/C18H17NO4/c1-2-22-12-8-9-13-14(10-12)23-17(19)16(18(20)21)15(13)11-6-4-3-5-7-11/h3-10,15H,2,19H2,1H3,(H,20,21)/t15-/m1/s1. The zero-order valence-electron chi connectivity index (χ0n) is 12.7. The average molecular weight is 311 g/mol. The maximum absolute atomic E-state index is 11.7. The van der Waals surface area contributed by atoms with Crippen LogP contribution in [0.5, 0.6) is 11.5 Å². The smallest absolute Gasteiger partial charge is 0.337 e. The van der Waals surface area contributed by atoms with Gasteiger partial charge in [-0.25, -0.2) is 4.79 Å². The van der Waals surface area contributed by atoms with Crippen molar-refractivity contribution in [1.29, 1.82) is 0 Å². The van der Waals surface area contributed by atoms with Crippen LogP contribution in [-0.4, -0.2) is 17.7 Å². The Morgan fingerprint density at radius 1 is 1.26 bits per heavy atom. The fourth-order valence-corrected chi connectivity index (χ4v) is 2.79. The Morgan fingerprint density at radius 2 is 2.00 bits per heavy atom. The first kappa shape index (κ1) is 15.0. The molecular formula is C18H17NO4. The summed E-state index contributed by atoms with van der Waals surface area (Å²) in [4.78, 5) is 11.7. The number of benzene rings is 2. The van der Waals surface area contributed by atoms with E-state index >= 15 is 0 Å². The molecule has 2 aromatic rings. The molecule has 2 aromatic carbocycles. The molecule has 0 aliphatic carbocycles. The summed E-state index contributed by atoms with van der Waals surface area (Å²) in [6.45, 7) is 2.43. The lowest BCUT2D eigenvalue weighted by Gasteiger charge is -2.27. The largest absolute Gasteiger partial charge is 0.494 e. The number of aliphatic carboxylic acids is 1. The van der Waals surface area contributed by atoms with E-state index in [1.807, 2.05) is 49.4 Å². The highest BCUT2D eigenvalue weighted by Gasteiger charge is 2.34. The lowest BCUT2D eigenvalue weighted by molar-refractivity contribution is -0.133. The second kappa shape index (κ2) is 6.04. The molecule has 0 spiro atoms. The molecule has 5 nitrogen and oxygen atoms in total. The third-order valence-corrected chi connectivity index (χ3v) is 3.74. The quantitative estimate of drug-likeness (QED) is 0.907. The summed E-state index contributed by atoms with van der Waals surface area (Å²) in [6.07, 6.45) is 0. The number of ether oxygens (including phenoxy) is 2. The lowest BCUT2D eigenvalue weighted by atomic mass is 9.83. The molecule has 0 unspecified atom stereocenters. The number of hydrogen-bond acceptors (Lipinski definition) is 4. The van der Waals surface area contributed by atoms with Gasteiger partial charge in [0.25, 0.3) is 0 Å². The van der Waals surface area contributed by atoms with Crippen LogP contribution in [0.15, 0.2) is 60.0 Å². The van der Waals surface area contributed by atoms with Gasteiger partial charge in [0.15, 0.2) is 0 Å². The van der Waals surface area contributed by atoms with E-state index in [9.17, 15) is 9.90 Å². The Hall–Kier alpha value is -2.95. The monoisotopic (exact) mass is 311 g/mol. The van der Waals surface area contributed by atoms with Crippen molar-refractivity contribution in [2.75, 3.05) is 6.61 Å². The summed E-state index contributed by atoms with van der Waals surface area (Å²) in [5.74, 6) is -0.478. The van der Waals surface area contributed by atoms with Gasteiger partial charge in [-0.15, -0.1) is 0 Å². The topological polar surface area (TPSA) is 81.8 Å². The summed E-state index contributed by atoms with van der Waals surface area (Å²) in [6, 6.07) is 14.8. The maximum Gasteiger partial charge on any atom is 0.337 e. The molecule has 118 valence electrons. The van der Waals surface area contributed by atoms with Crippen molar-refractivity contribution < 1.29 is 19.4 Å². The molecular weight excluding hydrogens is 294 g/mol. The van der Waals surface area contributed by atoms with Gasteiger partial charge in [0, 0.05) is 11.6 Å². The first-order valence-electron chi connectivity index (χ1n) is 7.34. The fourth-order valence-electron chi connectivity index (χ4n) is 2.79. The molecule has 0 bridgehead atoms. The van der Waals surface area contributed by atoms with Gasteiger partial charge >= 0.3 is 5.97 Å². The second-order valence-corrected chi connectivity index (χ2v) is 5.16. The van der Waals surface area contributed by atoms with Gasteiger partial charge in [-0.05, 0) is 18.6 Å². The highest BCUT2D eigenvalue weighted by molar-refractivity contribution is 5.91. The highest BCUT2D eigenvalue weighted by atomic mass is 16.5. The van der Waals surface area contributed by atoms with Crippen molar-refractivity contribution in [1.82, 2.24) is 0 Å². The number of rotatable bonds is 4. The van der Waals surface area contributed by atoms with Crippen molar-refractivity contribution >= 4 is 5.97 Å². The number of carboxylic acids is 1. The second-order valence-electron chi connectivity index (χ2n) is 5.16. The molecule has 1 atom stereocenters. The lowest BCUT2D eigenvalue weighted by Crippen LogP contribution is -2.26. The molecule has 0 saturated heterocycles. The Balaban J connectivity index is 2.16. The summed E-state index contributed by atoms with van der Waals surface area (Å²) in [7, 11) is 0. The van der Waals surface area contributed by atoms with Gasteiger partial charge in [-0.3, -0.25) is 0 Å². The fraction of sp³-hybridized carbons (Fsp3) is 0.167. The van der Waals surface area contributed by atoms with Crippen LogP contribution in [0.4, 0.5) is 0 Å². The van der Waals surface area contributed by atoms with Gasteiger partial charge in [-0.1, -0.05) is 36.4 Å². The summed E-state index contributed by atoms with van der Waals surface area (Å²) in [5.41, 5.74) is 7.54. The Labute approximate surface area is 134 Å². The van der Waals surface area contributed by atoms with E-state index in [0.717, 1.165) is 11.1 Å². The van der Waals surface area contributed by atoms with Crippen LogP contribution < -0.4 is 15.2 Å². The highest BCUT2D eigenvalue weighted by Crippen LogP contribution is 2.43. The molecule has 0 aromatic heterocycles. The number of hydrogen-bond donors (Lipinski definition) is 2. The molecule has 1 aliphatic rings. The van der Waals surface area contributed by atoms with E-state index in [0.29, 0.717) is 18.1 Å². The van der Waals surface area contributed by atoms with Crippen LogP contribution in [0.2, 0.25) is 0 Å². The molecule has 0 radical (unpaired) electrons. The number of fused-ring (bicyclic) bond motifs is 1. The molecule has 0 saturated carbocycles. The van der Waals surface area contributed by atoms with E-state index in [-0.39, 0.29) is 11.5 Å². The molecule has 23 heavy (non-hydrogen) atoms. The van der Waals surface area contributed by atoms with Crippen LogP contribution in [0.3, 0.4) is 0 Å². The minimum absolute atomic E-state index is 0.0489. The zero-order valence-corrected chi connectivity index (χ0v) is 12.7. The van der Waals surface area contributed by atoms with Gasteiger partial charge in [0.2, 0.25) is 5.88 Å². The number of carboxylic acid groups (broad SMARTS) is 1. The van der Waals surface area contributed by atoms with Crippen molar-refractivity contribution in [2.24, 2.45) is 5.73 Å². The van der Waals surface area contributed by atoms with E-state index < -0.39 is 11.9 Å². The van der Waals surface area contributed by atoms with Crippen LogP contribution in [-0.2, 0) is 4.79 Å². The van der Waals surface area contributed by atoms with Crippen molar-refractivity contribution in [2.45, 2.75) is 12.8 Å². The van der Waals surface area contributed by atoms with E-state index in [1.165, 1.54) is 0 Å². The molecule has 0 fully saturated rings. The SMILES string of the molecule is CCOc1ccc2c(c1)OC(N)=C(C(=O)O)[C@@H]2c1ccccc1. The summed E-state index contributed by atoms with van der Waals surface area (Å²) in [5, 5.41) is 9.56. The Morgan fingerprint density at radius 3 is 2.65 bits per heavy atom. The maximum atomic E-state index is 11.7. The van der Waals surface area contributed by atoms with E-state index in [4.69, 9.17) is 15.2 Å². The Kier molecular flexibility index (Phi) is 3.93. The third kappa shape index (κ3) is 2.73. The van der Waals surface area contributed by atoms with Crippen LogP contribution in [0.1, 0.15) is 24.0 Å². The van der Waals surface area contributed by atoms with Gasteiger partial charge in [0.05, 0.1) is 12.5 Å². The van der Waals surface area contributed by atoms with Gasteiger partial charge in [-0.2, -0.15) is 0 Å². The first-order valence-corrected chi connectivity index (χ1v) is 7.34. The molecule has 3 N–H and O–H groups in total. The molecule has 3 rings (SSSR count). The summed E-state index contributed by atoms with van der Waals surface area (Å²) < 4.78 is 11.0. The molecule has 5 heteroatoms. The molecule has 0 amide bonds. The minimum Gasteiger partial charge on any atom is -0.494 e. The van der Waals surface area contributed by atoms with Crippen LogP contribution in [0, 0.1) is 0 Å². The molecule has 1 aliphatic heterocycles. The van der Waals surface area contributed by atoms with Crippen molar-refractivity contribution in [3.05, 3.63) is 71.1 Å². The van der Waals surface area contributed by atoms with E-state index in [2.05, 4.69) is 0 Å². The van der Waals surface area contributed by atoms with Crippen molar-refractivity contribution in [3.8, 4) is 11.5 Å². The Bertz CT molecular complexity index is 768. The van der Waals surface area contributed by atoms with Gasteiger partial charge < -0.3 is 20.3 Å². The van der Waals surface area contributed by atoms with Gasteiger partial charge in [0.1, 0.15) is 17.1 Å². The number of carbonyl (C=O) groups is 1. The third-order valence-electron chi connectivity index (χ3n) is 3.74. The predicted octanol–water partition coefficient (Wildman–Crippen LogP) is 2.86. The normalized spacial score (nSPS) is 16.5. The first-order chi connectivity index (χ1) is 11.1. The molecule has 1 heterocycles. The average Bonchev–Trinajstić information content (AvgIpc) is 2.54. The zero-order chi connectivity index (χ0) is 16.4. The van der Waals surface area contributed by atoms with Crippen molar-refractivity contribution in [3.63, 3.8) is 0 Å². The van der Waals surface area contributed by atoms with Crippen LogP contribution in [0.25, 0.3) is 0 Å². The van der Waals surface area contributed by atoms with E-state index in [1.54, 1.807) is 6.07 Å². The summed E-state index contributed by atoms with van der Waals surface area (Å²) >= 11 is 0. The predicted molar refractivity (Wildman–Crippen MR) is 85.4 cm³/mol. The number of nitrogens with two attached hydrogens (primary N) is 1. The van der Waals surface area contributed by atoms with Crippen LogP contribution >= 0.6 is 0 Å². The minimum atomic E-state index is -1.09.